The fourth-order valence-electron chi connectivity index (χ4n) is 2.62. The van der Waals surface area contributed by atoms with E-state index in [1.54, 1.807) is 0 Å². The second kappa shape index (κ2) is 9.13. The fourth-order valence-corrected chi connectivity index (χ4v) is 2.62. The Morgan fingerprint density at radius 3 is 2.59 bits per heavy atom. The molecule has 1 aliphatic carbocycles. The highest BCUT2D eigenvalue weighted by Gasteiger charge is 2.11. The number of aliphatic imine (C=N–C) groups is 1. The summed E-state index contributed by atoms with van der Waals surface area (Å²) in [5.74, 6) is 0.921. The van der Waals surface area contributed by atoms with Crippen LogP contribution >= 0.6 is 0 Å². The highest BCUT2D eigenvalue weighted by atomic mass is 15.2. The van der Waals surface area contributed by atoms with Crippen molar-refractivity contribution in [2.24, 2.45) is 4.99 Å². The van der Waals surface area contributed by atoms with E-state index in [0.717, 1.165) is 38.3 Å². The molecule has 4 heteroatoms. The summed E-state index contributed by atoms with van der Waals surface area (Å²) < 4.78 is 0. The van der Waals surface area contributed by atoms with E-state index in [9.17, 15) is 0 Å². The molecule has 1 aromatic rings. The van der Waals surface area contributed by atoms with Crippen molar-refractivity contribution in [3.63, 3.8) is 0 Å². The van der Waals surface area contributed by atoms with Gasteiger partial charge in [-0.3, -0.25) is 4.99 Å². The SMILES string of the molecule is CN=C(NCCCCN(C)c1ccccc1)NC1CC=CC1. The monoisotopic (exact) mass is 300 g/mol. The molecule has 0 bridgehead atoms. The van der Waals surface area contributed by atoms with Gasteiger partial charge in [0.1, 0.15) is 0 Å². The third kappa shape index (κ3) is 5.43. The summed E-state index contributed by atoms with van der Waals surface area (Å²) in [6.45, 7) is 2.03. The van der Waals surface area contributed by atoms with Gasteiger partial charge in [0.15, 0.2) is 5.96 Å². The Kier molecular flexibility index (Phi) is 6.81. The lowest BCUT2D eigenvalue weighted by Crippen LogP contribution is -2.42. The number of guanidine groups is 1. The van der Waals surface area contributed by atoms with E-state index in [2.05, 4.69) is 70.1 Å². The van der Waals surface area contributed by atoms with Crippen molar-refractivity contribution in [3.8, 4) is 0 Å². The first kappa shape index (κ1) is 16.4. The number of para-hydroxylation sites is 1. The summed E-state index contributed by atoms with van der Waals surface area (Å²) in [4.78, 5) is 6.59. The lowest BCUT2D eigenvalue weighted by molar-refractivity contribution is 0.623. The number of unbranched alkanes of at least 4 members (excludes halogenated alkanes) is 1. The maximum Gasteiger partial charge on any atom is 0.191 e. The Labute approximate surface area is 134 Å². The van der Waals surface area contributed by atoms with E-state index in [1.165, 1.54) is 12.1 Å². The number of benzene rings is 1. The molecule has 0 atom stereocenters. The fraction of sp³-hybridized carbons (Fsp3) is 0.500. The average Bonchev–Trinajstić information content (AvgIpc) is 3.07. The number of nitrogens with zero attached hydrogens (tertiary/aromatic N) is 2. The molecule has 0 aliphatic heterocycles. The number of nitrogens with one attached hydrogen (secondary N) is 2. The average molecular weight is 300 g/mol. The predicted molar refractivity (Wildman–Crippen MR) is 95.6 cm³/mol. The molecule has 22 heavy (non-hydrogen) atoms. The standard InChI is InChI=1S/C18H28N4/c1-19-18(21-16-10-6-7-11-16)20-14-8-9-15-22(2)17-12-4-3-5-13-17/h3-7,12-13,16H,8-11,14-15H2,1-2H3,(H2,19,20,21). The first-order valence-electron chi connectivity index (χ1n) is 8.18. The van der Waals surface area contributed by atoms with Crippen LogP contribution in [0.25, 0.3) is 0 Å². The Morgan fingerprint density at radius 1 is 1.18 bits per heavy atom. The molecule has 2 rings (SSSR count). The molecule has 0 saturated carbocycles. The minimum atomic E-state index is 0.510. The molecule has 120 valence electrons. The van der Waals surface area contributed by atoms with Gasteiger partial charge in [-0.1, -0.05) is 30.4 Å². The quantitative estimate of drug-likeness (QED) is 0.352. The number of hydrogen-bond acceptors (Lipinski definition) is 2. The highest BCUT2D eigenvalue weighted by molar-refractivity contribution is 5.80. The molecule has 2 N–H and O–H groups in total. The van der Waals surface area contributed by atoms with Crippen LogP contribution in [0.3, 0.4) is 0 Å². The molecule has 0 radical (unpaired) electrons. The molecular weight excluding hydrogens is 272 g/mol. The van der Waals surface area contributed by atoms with Gasteiger partial charge in [-0.2, -0.15) is 0 Å². The zero-order valence-electron chi connectivity index (χ0n) is 13.8. The van der Waals surface area contributed by atoms with E-state index in [0.29, 0.717) is 6.04 Å². The van der Waals surface area contributed by atoms with Crippen LogP contribution in [0.15, 0.2) is 47.5 Å². The van der Waals surface area contributed by atoms with Crippen molar-refractivity contribution >= 4 is 11.6 Å². The Bertz CT molecular complexity index is 473. The van der Waals surface area contributed by atoms with Crippen LogP contribution in [0.5, 0.6) is 0 Å². The van der Waals surface area contributed by atoms with Crippen molar-refractivity contribution in [1.82, 2.24) is 10.6 Å². The summed E-state index contributed by atoms with van der Waals surface area (Å²) in [5, 5.41) is 6.86. The van der Waals surface area contributed by atoms with Crippen molar-refractivity contribution in [3.05, 3.63) is 42.5 Å². The van der Waals surface area contributed by atoms with Crippen LogP contribution in [0.4, 0.5) is 5.69 Å². The molecule has 0 amide bonds. The molecule has 0 saturated heterocycles. The van der Waals surface area contributed by atoms with Gasteiger partial charge in [0.25, 0.3) is 0 Å². The summed E-state index contributed by atoms with van der Waals surface area (Å²) in [6.07, 6.45) is 8.96. The van der Waals surface area contributed by atoms with Gasteiger partial charge in [-0.25, -0.2) is 0 Å². The molecule has 0 aromatic heterocycles. The predicted octanol–water partition coefficient (Wildman–Crippen LogP) is 2.79. The zero-order valence-corrected chi connectivity index (χ0v) is 13.8. The minimum absolute atomic E-state index is 0.510. The number of anilines is 1. The van der Waals surface area contributed by atoms with Gasteiger partial charge in [0, 0.05) is 38.9 Å². The van der Waals surface area contributed by atoms with E-state index in [-0.39, 0.29) is 0 Å². The topological polar surface area (TPSA) is 39.7 Å². The summed E-state index contributed by atoms with van der Waals surface area (Å²) >= 11 is 0. The van der Waals surface area contributed by atoms with Crippen LogP contribution in [-0.4, -0.2) is 39.2 Å². The van der Waals surface area contributed by atoms with Crippen molar-refractivity contribution in [2.45, 2.75) is 31.7 Å². The van der Waals surface area contributed by atoms with Gasteiger partial charge in [-0.05, 0) is 37.8 Å². The summed E-state index contributed by atoms with van der Waals surface area (Å²) in [6, 6.07) is 11.0. The smallest absolute Gasteiger partial charge is 0.191 e. The third-order valence-electron chi connectivity index (χ3n) is 3.98. The Balaban J connectivity index is 1.58. The maximum atomic E-state index is 4.29. The molecule has 0 unspecified atom stereocenters. The highest BCUT2D eigenvalue weighted by Crippen LogP contribution is 2.11. The van der Waals surface area contributed by atoms with E-state index < -0.39 is 0 Å². The second-order valence-electron chi connectivity index (χ2n) is 5.75. The molecule has 4 nitrogen and oxygen atoms in total. The van der Waals surface area contributed by atoms with Crippen LogP contribution in [0.1, 0.15) is 25.7 Å². The Morgan fingerprint density at radius 2 is 1.91 bits per heavy atom. The number of rotatable bonds is 7. The lowest BCUT2D eigenvalue weighted by Gasteiger charge is -2.20. The van der Waals surface area contributed by atoms with E-state index in [1.807, 2.05) is 7.05 Å². The van der Waals surface area contributed by atoms with Crippen LogP contribution in [-0.2, 0) is 0 Å². The van der Waals surface area contributed by atoms with Gasteiger partial charge in [0.05, 0.1) is 0 Å². The van der Waals surface area contributed by atoms with E-state index in [4.69, 9.17) is 0 Å². The van der Waals surface area contributed by atoms with Crippen molar-refractivity contribution in [1.29, 1.82) is 0 Å². The van der Waals surface area contributed by atoms with E-state index >= 15 is 0 Å². The van der Waals surface area contributed by atoms with Gasteiger partial charge >= 0.3 is 0 Å². The third-order valence-corrected chi connectivity index (χ3v) is 3.98. The summed E-state index contributed by atoms with van der Waals surface area (Å²) in [5.41, 5.74) is 1.28. The largest absolute Gasteiger partial charge is 0.375 e. The molecule has 0 spiro atoms. The van der Waals surface area contributed by atoms with Crippen molar-refractivity contribution < 1.29 is 0 Å². The Hall–Kier alpha value is -1.97. The normalized spacial score (nSPS) is 15.1. The summed E-state index contributed by atoms with van der Waals surface area (Å²) in [7, 11) is 3.98. The second-order valence-corrected chi connectivity index (χ2v) is 5.75. The molecule has 0 fully saturated rings. The van der Waals surface area contributed by atoms with Crippen LogP contribution < -0.4 is 15.5 Å². The number of hydrogen-bond donors (Lipinski definition) is 2. The van der Waals surface area contributed by atoms with Crippen LogP contribution in [0, 0.1) is 0 Å². The lowest BCUT2D eigenvalue weighted by atomic mass is 10.2. The van der Waals surface area contributed by atoms with Crippen LogP contribution in [0.2, 0.25) is 0 Å². The molecule has 0 heterocycles. The first-order valence-corrected chi connectivity index (χ1v) is 8.18. The van der Waals surface area contributed by atoms with Gasteiger partial charge in [-0.15, -0.1) is 0 Å². The zero-order chi connectivity index (χ0) is 15.6. The van der Waals surface area contributed by atoms with Crippen molar-refractivity contribution in [2.75, 3.05) is 32.1 Å². The molecule has 1 aliphatic rings. The first-order chi connectivity index (χ1) is 10.8. The van der Waals surface area contributed by atoms with Gasteiger partial charge in [0.2, 0.25) is 0 Å². The maximum absolute atomic E-state index is 4.29. The van der Waals surface area contributed by atoms with Gasteiger partial charge < -0.3 is 15.5 Å². The minimum Gasteiger partial charge on any atom is -0.375 e. The molecular formula is C18H28N4. The molecule has 1 aromatic carbocycles.